The van der Waals surface area contributed by atoms with Gasteiger partial charge < -0.3 is 0 Å². The van der Waals surface area contributed by atoms with E-state index in [4.69, 9.17) is 5.26 Å². The van der Waals surface area contributed by atoms with Gasteiger partial charge in [0, 0.05) is 0 Å². The highest BCUT2D eigenvalue weighted by Gasteiger charge is 2.01. The number of nitrogens with zero attached hydrogens (tertiary/aromatic N) is 3. The van der Waals surface area contributed by atoms with Crippen LogP contribution in [-0.2, 0) is 0 Å². The van der Waals surface area contributed by atoms with Gasteiger partial charge in [0.15, 0.2) is 0 Å². The molecule has 4 heteroatoms. The highest BCUT2D eigenvalue weighted by atomic mass is 19.1. The molecule has 0 saturated heterocycles. The third-order valence-electron chi connectivity index (χ3n) is 1.58. The Hall–Kier alpha value is -1.89. The van der Waals surface area contributed by atoms with Crippen LogP contribution in [0, 0.1) is 17.3 Å². The Morgan fingerprint density at radius 2 is 2.33 bits per heavy atom. The van der Waals surface area contributed by atoms with Crippen LogP contribution in [0.3, 0.4) is 0 Å². The molecular formula is C8H4FN3. The van der Waals surface area contributed by atoms with E-state index in [-0.39, 0.29) is 0 Å². The zero-order valence-corrected chi connectivity index (χ0v) is 6.03. The standard InChI is InChI=1S/C8H4FN3/c9-8-2-1-7-3-6(4-10)5-11-12(7)8/h1-3,5H. The van der Waals surface area contributed by atoms with E-state index in [1.165, 1.54) is 12.3 Å². The van der Waals surface area contributed by atoms with Crippen LogP contribution in [0.25, 0.3) is 5.52 Å². The molecule has 0 bridgehead atoms. The molecule has 0 amide bonds. The first-order valence-electron chi connectivity index (χ1n) is 3.34. The van der Waals surface area contributed by atoms with Crippen molar-refractivity contribution in [3.63, 3.8) is 0 Å². The maximum atomic E-state index is 12.8. The second-order valence-corrected chi connectivity index (χ2v) is 2.35. The maximum Gasteiger partial charge on any atom is 0.214 e. The van der Waals surface area contributed by atoms with E-state index in [9.17, 15) is 4.39 Å². The quantitative estimate of drug-likeness (QED) is 0.585. The molecule has 0 aliphatic heterocycles. The van der Waals surface area contributed by atoms with Gasteiger partial charge in [0.1, 0.15) is 6.07 Å². The molecule has 0 radical (unpaired) electrons. The summed E-state index contributed by atoms with van der Waals surface area (Å²) in [6.07, 6.45) is 1.33. The predicted molar refractivity (Wildman–Crippen MR) is 39.9 cm³/mol. The summed E-state index contributed by atoms with van der Waals surface area (Å²) in [5.74, 6) is -0.422. The lowest BCUT2D eigenvalue weighted by molar-refractivity contribution is 0.549. The Labute approximate surface area is 67.7 Å². The lowest BCUT2D eigenvalue weighted by Crippen LogP contribution is -1.93. The molecule has 0 aromatic carbocycles. The molecule has 0 fully saturated rings. The molecule has 2 rings (SSSR count). The molecule has 2 aromatic heterocycles. The molecule has 0 N–H and O–H groups in total. The minimum atomic E-state index is -0.422. The van der Waals surface area contributed by atoms with Crippen molar-refractivity contribution in [2.45, 2.75) is 0 Å². The van der Waals surface area contributed by atoms with Crippen molar-refractivity contribution in [1.82, 2.24) is 9.61 Å². The Kier molecular flexibility index (Phi) is 1.31. The highest BCUT2D eigenvalue weighted by Crippen LogP contribution is 2.07. The molecule has 2 heterocycles. The van der Waals surface area contributed by atoms with Gasteiger partial charge in [-0.05, 0) is 18.2 Å². The summed E-state index contributed by atoms with van der Waals surface area (Å²) >= 11 is 0. The summed E-state index contributed by atoms with van der Waals surface area (Å²) in [4.78, 5) is 0. The van der Waals surface area contributed by atoms with Crippen molar-refractivity contribution in [3.05, 3.63) is 35.9 Å². The summed E-state index contributed by atoms with van der Waals surface area (Å²) in [6, 6.07) is 6.39. The molecule has 0 aliphatic carbocycles. The van der Waals surface area contributed by atoms with Gasteiger partial charge in [-0.2, -0.15) is 14.8 Å². The van der Waals surface area contributed by atoms with E-state index >= 15 is 0 Å². The Bertz CT molecular complexity index is 467. The van der Waals surface area contributed by atoms with Gasteiger partial charge >= 0.3 is 0 Å². The highest BCUT2D eigenvalue weighted by molar-refractivity contribution is 5.50. The van der Waals surface area contributed by atoms with Crippen LogP contribution in [0.2, 0.25) is 0 Å². The van der Waals surface area contributed by atoms with Crippen LogP contribution in [0.4, 0.5) is 4.39 Å². The first-order chi connectivity index (χ1) is 5.81. The number of fused-ring (bicyclic) bond motifs is 1. The monoisotopic (exact) mass is 161 g/mol. The average Bonchev–Trinajstić information content (AvgIpc) is 2.47. The fraction of sp³-hybridized carbons (Fsp3) is 0. The number of halogens is 1. The van der Waals surface area contributed by atoms with E-state index in [0.29, 0.717) is 11.1 Å². The van der Waals surface area contributed by atoms with Crippen molar-refractivity contribution in [3.8, 4) is 6.07 Å². The molecule has 58 valence electrons. The van der Waals surface area contributed by atoms with Crippen molar-refractivity contribution in [2.24, 2.45) is 0 Å². The molecule has 2 aromatic rings. The lowest BCUT2D eigenvalue weighted by Gasteiger charge is -1.92. The minimum Gasteiger partial charge on any atom is -0.207 e. The first-order valence-corrected chi connectivity index (χ1v) is 3.34. The van der Waals surface area contributed by atoms with Gasteiger partial charge in [0.25, 0.3) is 0 Å². The normalized spacial score (nSPS) is 10.0. The second-order valence-electron chi connectivity index (χ2n) is 2.35. The van der Waals surface area contributed by atoms with Crippen LogP contribution in [0.15, 0.2) is 24.4 Å². The summed E-state index contributed by atoms with van der Waals surface area (Å²) in [7, 11) is 0. The Balaban J connectivity index is 2.80. The molecule has 0 saturated carbocycles. The van der Waals surface area contributed by atoms with E-state index in [1.807, 2.05) is 6.07 Å². The summed E-state index contributed by atoms with van der Waals surface area (Å²) in [5.41, 5.74) is 1.02. The molecule has 0 aliphatic rings. The summed E-state index contributed by atoms with van der Waals surface area (Å²) < 4.78 is 13.9. The van der Waals surface area contributed by atoms with E-state index in [2.05, 4.69) is 5.10 Å². The second kappa shape index (κ2) is 2.31. The lowest BCUT2D eigenvalue weighted by atomic mass is 10.3. The third-order valence-corrected chi connectivity index (χ3v) is 1.58. The molecular weight excluding hydrogens is 157 g/mol. The zero-order chi connectivity index (χ0) is 8.55. The minimum absolute atomic E-state index is 0.422. The Morgan fingerprint density at radius 3 is 3.08 bits per heavy atom. The molecule has 0 unspecified atom stereocenters. The zero-order valence-electron chi connectivity index (χ0n) is 6.03. The maximum absolute atomic E-state index is 12.8. The van der Waals surface area contributed by atoms with Crippen LogP contribution >= 0.6 is 0 Å². The van der Waals surface area contributed by atoms with Gasteiger partial charge in [-0.3, -0.25) is 0 Å². The van der Waals surface area contributed by atoms with Gasteiger partial charge in [-0.1, -0.05) is 0 Å². The van der Waals surface area contributed by atoms with Crippen LogP contribution < -0.4 is 0 Å². The van der Waals surface area contributed by atoms with Gasteiger partial charge in [-0.25, -0.2) is 4.52 Å². The van der Waals surface area contributed by atoms with Crippen molar-refractivity contribution < 1.29 is 4.39 Å². The van der Waals surface area contributed by atoms with Gasteiger partial charge in [0.2, 0.25) is 5.95 Å². The van der Waals surface area contributed by atoms with Crippen molar-refractivity contribution in [1.29, 1.82) is 5.26 Å². The summed E-state index contributed by atoms with van der Waals surface area (Å²) in [5, 5.41) is 12.2. The van der Waals surface area contributed by atoms with Crippen LogP contribution in [0.5, 0.6) is 0 Å². The SMILES string of the molecule is N#Cc1cnn2c(F)ccc2c1. The van der Waals surface area contributed by atoms with Gasteiger partial charge in [-0.15, -0.1) is 0 Å². The van der Waals surface area contributed by atoms with Crippen LogP contribution in [0.1, 0.15) is 5.56 Å². The number of hydrogen-bond acceptors (Lipinski definition) is 2. The molecule has 0 atom stereocenters. The van der Waals surface area contributed by atoms with Crippen LogP contribution in [-0.4, -0.2) is 9.61 Å². The summed E-state index contributed by atoms with van der Waals surface area (Å²) in [6.45, 7) is 0. The molecule has 12 heavy (non-hydrogen) atoms. The number of nitriles is 1. The van der Waals surface area contributed by atoms with E-state index in [0.717, 1.165) is 4.52 Å². The average molecular weight is 161 g/mol. The van der Waals surface area contributed by atoms with E-state index < -0.39 is 5.95 Å². The third kappa shape index (κ3) is 0.839. The largest absolute Gasteiger partial charge is 0.214 e. The van der Waals surface area contributed by atoms with E-state index in [1.54, 1.807) is 12.1 Å². The van der Waals surface area contributed by atoms with Gasteiger partial charge in [0.05, 0.1) is 17.3 Å². The topological polar surface area (TPSA) is 41.1 Å². The number of aromatic nitrogens is 2. The molecule has 3 nitrogen and oxygen atoms in total. The first kappa shape index (κ1) is 6.80. The number of rotatable bonds is 0. The van der Waals surface area contributed by atoms with Crippen molar-refractivity contribution >= 4 is 5.52 Å². The fourth-order valence-corrected chi connectivity index (χ4v) is 1.03. The van der Waals surface area contributed by atoms with Crippen molar-refractivity contribution in [2.75, 3.05) is 0 Å². The predicted octanol–water partition coefficient (Wildman–Crippen LogP) is 1.35. The smallest absolute Gasteiger partial charge is 0.207 e. The fourth-order valence-electron chi connectivity index (χ4n) is 1.03. The molecule has 0 spiro atoms. The number of hydrogen-bond donors (Lipinski definition) is 0. The Morgan fingerprint density at radius 1 is 1.50 bits per heavy atom.